The average Bonchev–Trinajstić information content (AvgIpc) is 2.74. The van der Waals surface area contributed by atoms with E-state index >= 15 is 0 Å². The maximum Gasteiger partial charge on any atom is 0.0991 e. The fourth-order valence-corrected chi connectivity index (χ4v) is 3.16. The average molecular weight is 284 g/mol. The summed E-state index contributed by atoms with van der Waals surface area (Å²) >= 11 is 12.0. The van der Waals surface area contributed by atoms with Crippen LogP contribution in [0.15, 0.2) is 18.2 Å². The maximum absolute atomic E-state index is 10.5. The van der Waals surface area contributed by atoms with Gasteiger partial charge in [-0.3, -0.25) is 0 Å². The molecule has 18 heavy (non-hydrogen) atoms. The molecule has 1 aliphatic rings. The zero-order valence-electron chi connectivity index (χ0n) is 10.2. The number of nitriles is 1. The molecule has 0 amide bonds. The molecule has 0 heterocycles. The molecule has 0 aromatic heterocycles. The monoisotopic (exact) mass is 283 g/mol. The lowest BCUT2D eigenvalue weighted by Gasteiger charge is -2.28. The molecule has 1 aliphatic carbocycles. The van der Waals surface area contributed by atoms with Crippen LogP contribution >= 0.6 is 23.2 Å². The molecule has 1 aromatic carbocycles. The third-order valence-corrected chi connectivity index (χ3v) is 4.37. The third-order valence-electron chi connectivity index (χ3n) is 3.79. The molecule has 0 saturated heterocycles. The Kier molecular flexibility index (Phi) is 3.87. The molecule has 4 heteroatoms. The molecule has 3 atom stereocenters. The van der Waals surface area contributed by atoms with Gasteiger partial charge in [0.05, 0.1) is 17.6 Å². The number of aliphatic hydroxyl groups excluding tert-OH is 1. The predicted octanol–water partition coefficient (Wildman–Crippen LogP) is 4.36. The van der Waals surface area contributed by atoms with Gasteiger partial charge in [0.25, 0.3) is 0 Å². The Bertz CT molecular complexity index is 497. The van der Waals surface area contributed by atoms with E-state index < -0.39 is 11.5 Å². The second-order valence-electron chi connectivity index (χ2n) is 5.18. The first-order valence-electron chi connectivity index (χ1n) is 6.03. The van der Waals surface area contributed by atoms with Gasteiger partial charge < -0.3 is 5.11 Å². The van der Waals surface area contributed by atoms with Gasteiger partial charge in [-0.15, -0.1) is 0 Å². The van der Waals surface area contributed by atoms with Crippen molar-refractivity contribution < 1.29 is 5.11 Å². The minimum Gasteiger partial charge on any atom is -0.387 e. The standard InChI is InChI=1S/C14H15Cl2NO/c1-9-4-5-14(7-9,8-17)13(18)11-6-10(15)2-3-12(11)16/h2-3,6,9,13,18H,4-5,7H2,1H3. The lowest BCUT2D eigenvalue weighted by atomic mass is 9.78. The van der Waals surface area contributed by atoms with E-state index in [2.05, 4.69) is 13.0 Å². The van der Waals surface area contributed by atoms with E-state index in [-0.39, 0.29) is 0 Å². The summed E-state index contributed by atoms with van der Waals surface area (Å²) in [5.41, 5.74) is -0.173. The number of hydrogen-bond donors (Lipinski definition) is 1. The Labute approximate surface area is 117 Å². The van der Waals surface area contributed by atoms with E-state index in [0.717, 1.165) is 6.42 Å². The maximum atomic E-state index is 10.5. The van der Waals surface area contributed by atoms with Crippen molar-refractivity contribution in [3.05, 3.63) is 33.8 Å². The van der Waals surface area contributed by atoms with E-state index in [4.69, 9.17) is 23.2 Å². The van der Waals surface area contributed by atoms with Gasteiger partial charge in [-0.25, -0.2) is 0 Å². The van der Waals surface area contributed by atoms with Crippen LogP contribution in [0, 0.1) is 22.7 Å². The molecule has 1 aromatic rings. The Morgan fingerprint density at radius 1 is 1.50 bits per heavy atom. The van der Waals surface area contributed by atoms with Gasteiger partial charge in [0, 0.05) is 15.6 Å². The summed E-state index contributed by atoms with van der Waals surface area (Å²) in [6, 6.07) is 7.29. The minimum atomic E-state index is -0.876. The molecule has 0 radical (unpaired) electrons. The van der Waals surface area contributed by atoms with E-state index in [1.165, 1.54) is 0 Å². The second kappa shape index (κ2) is 5.09. The van der Waals surface area contributed by atoms with Crippen LogP contribution in [0.25, 0.3) is 0 Å². The molecule has 96 valence electrons. The van der Waals surface area contributed by atoms with Crippen molar-refractivity contribution in [1.29, 1.82) is 5.26 Å². The summed E-state index contributed by atoms with van der Waals surface area (Å²) in [6.07, 6.45) is 1.49. The highest BCUT2D eigenvalue weighted by molar-refractivity contribution is 6.33. The second-order valence-corrected chi connectivity index (χ2v) is 6.03. The number of nitrogens with zero attached hydrogens (tertiary/aromatic N) is 1. The van der Waals surface area contributed by atoms with Crippen LogP contribution in [0.2, 0.25) is 10.0 Å². The summed E-state index contributed by atoms with van der Waals surface area (Å²) in [4.78, 5) is 0. The number of hydrogen-bond acceptors (Lipinski definition) is 2. The van der Waals surface area contributed by atoms with Crippen LogP contribution in [-0.4, -0.2) is 5.11 Å². The Balaban J connectivity index is 2.38. The van der Waals surface area contributed by atoms with Crippen LogP contribution in [0.1, 0.15) is 37.9 Å². The number of benzene rings is 1. The minimum absolute atomic E-state index is 0.456. The molecule has 1 saturated carbocycles. The molecule has 2 nitrogen and oxygen atoms in total. The van der Waals surface area contributed by atoms with Crippen molar-refractivity contribution in [3.8, 4) is 6.07 Å². The summed E-state index contributed by atoms with van der Waals surface area (Å²) < 4.78 is 0. The SMILES string of the molecule is CC1CCC(C#N)(C(O)c2cc(Cl)ccc2Cl)C1. The third kappa shape index (κ3) is 2.36. The van der Waals surface area contributed by atoms with Crippen LogP contribution in [0.4, 0.5) is 0 Å². The zero-order chi connectivity index (χ0) is 13.3. The van der Waals surface area contributed by atoms with Crippen LogP contribution in [0.3, 0.4) is 0 Å². The van der Waals surface area contributed by atoms with Gasteiger partial charge in [0.2, 0.25) is 0 Å². The first-order chi connectivity index (χ1) is 8.48. The van der Waals surface area contributed by atoms with Crippen molar-refractivity contribution in [3.63, 3.8) is 0 Å². The molecule has 1 N–H and O–H groups in total. The summed E-state index contributed by atoms with van der Waals surface area (Å²) in [5, 5.41) is 20.9. The van der Waals surface area contributed by atoms with Gasteiger partial charge in [0.15, 0.2) is 0 Å². The van der Waals surface area contributed by atoms with Crippen LogP contribution in [-0.2, 0) is 0 Å². The molecule has 0 bridgehead atoms. The first-order valence-corrected chi connectivity index (χ1v) is 6.78. The van der Waals surface area contributed by atoms with Gasteiger partial charge in [0.1, 0.15) is 0 Å². The summed E-state index contributed by atoms with van der Waals surface area (Å²) in [5.74, 6) is 0.456. The summed E-state index contributed by atoms with van der Waals surface area (Å²) in [6.45, 7) is 2.10. The van der Waals surface area contributed by atoms with Crippen molar-refractivity contribution in [2.45, 2.75) is 32.3 Å². The molecule has 1 fully saturated rings. The van der Waals surface area contributed by atoms with Crippen LogP contribution in [0.5, 0.6) is 0 Å². The lowest BCUT2D eigenvalue weighted by molar-refractivity contribution is 0.0648. The molecular formula is C14H15Cl2NO. The Morgan fingerprint density at radius 2 is 2.22 bits per heavy atom. The quantitative estimate of drug-likeness (QED) is 0.877. The topological polar surface area (TPSA) is 44.0 Å². The smallest absolute Gasteiger partial charge is 0.0991 e. The molecular weight excluding hydrogens is 269 g/mol. The van der Waals surface area contributed by atoms with Crippen molar-refractivity contribution >= 4 is 23.2 Å². The van der Waals surface area contributed by atoms with Gasteiger partial charge in [-0.1, -0.05) is 30.1 Å². The molecule has 0 aliphatic heterocycles. The van der Waals surface area contributed by atoms with Gasteiger partial charge in [-0.2, -0.15) is 5.26 Å². The zero-order valence-corrected chi connectivity index (χ0v) is 11.7. The van der Waals surface area contributed by atoms with E-state index in [1.54, 1.807) is 18.2 Å². The Morgan fingerprint density at radius 3 is 2.78 bits per heavy atom. The summed E-state index contributed by atoms with van der Waals surface area (Å²) in [7, 11) is 0. The molecule has 2 rings (SSSR count). The van der Waals surface area contributed by atoms with Crippen molar-refractivity contribution in [1.82, 2.24) is 0 Å². The Hall–Kier alpha value is -0.750. The van der Waals surface area contributed by atoms with Gasteiger partial charge >= 0.3 is 0 Å². The van der Waals surface area contributed by atoms with E-state index in [1.807, 2.05) is 0 Å². The van der Waals surface area contributed by atoms with Crippen molar-refractivity contribution in [2.75, 3.05) is 0 Å². The molecule has 0 spiro atoms. The molecule has 3 unspecified atom stereocenters. The largest absolute Gasteiger partial charge is 0.387 e. The highest BCUT2D eigenvalue weighted by atomic mass is 35.5. The predicted molar refractivity (Wildman–Crippen MR) is 72.5 cm³/mol. The number of rotatable bonds is 2. The lowest BCUT2D eigenvalue weighted by Crippen LogP contribution is -2.24. The van der Waals surface area contributed by atoms with E-state index in [0.29, 0.717) is 34.4 Å². The number of aliphatic hydroxyl groups is 1. The highest BCUT2D eigenvalue weighted by Gasteiger charge is 2.45. The fraction of sp³-hybridized carbons (Fsp3) is 0.500. The van der Waals surface area contributed by atoms with Crippen molar-refractivity contribution in [2.24, 2.45) is 11.3 Å². The fourth-order valence-electron chi connectivity index (χ4n) is 2.76. The number of halogens is 2. The highest BCUT2D eigenvalue weighted by Crippen LogP contribution is 2.50. The normalized spacial score (nSPS) is 28.9. The first kappa shape index (κ1) is 13.7. The van der Waals surface area contributed by atoms with Crippen LogP contribution < -0.4 is 0 Å². The van der Waals surface area contributed by atoms with E-state index in [9.17, 15) is 10.4 Å². The van der Waals surface area contributed by atoms with Gasteiger partial charge in [-0.05, 0) is 43.4 Å².